The van der Waals surface area contributed by atoms with Gasteiger partial charge in [0.25, 0.3) is 0 Å². The number of amides is 1. The molecule has 0 atom stereocenters. The van der Waals surface area contributed by atoms with E-state index in [0.717, 1.165) is 34.9 Å². The molecule has 1 aromatic heterocycles. The van der Waals surface area contributed by atoms with Gasteiger partial charge in [0.15, 0.2) is 0 Å². The lowest BCUT2D eigenvalue weighted by Crippen LogP contribution is -2.33. The van der Waals surface area contributed by atoms with Gasteiger partial charge in [-0.3, -0.25) is 4.79 Å². The molecule has 1 fully saturated rings. The average Bonchev–Trinajstić information content (AvgIpc) is 3.00. The third kappa shape index (κ3) is 6.85. The number of nitrogens with one attached hydrogen (secondary N) is 1. The first kappa shape index (κ1) is 28.1. The van der Waals surface area contributed by atoms with Crippen molar-refractivity contribution < 1.29 is 23.5 Å². The van der Waals surface area contributed by atoms with Crippen molar-refractivity contribution in [1.82, 2.24) is 5.32 Å². The van der Waals surface area contributed by atoms with E-state index in [2.05, 4.69) is 5.32 Å². The molecule has 3 aromatic carbocycles. The zero-order chi connectivity index (χ0) is 28.8. The molecular weight excluding hydrogens is 518 g/mol. The maximum Gasteiger partial charge on any atom is 0.407 e. The van der Waals surface area contributed by atoms with Crippen molar-refractivity contribution in [1.29, 1.82) is 0 Å². The Hall–Kier alpha value is -4.39. The van der Waals surface area contributed by atoms with Gasteiger partial charge in [0, 0.05) is 29.5 Å². The lowest BCUT2D eigenvalue weighted by Gasteiger charge is -2.27. The minimum Gasteiger partial charge on any atom is -0.445 e. The Morgan fingerprint density at radius 1 is 0.854 bits per heavy atom. The smallest absolute Gasteiger partial charge is 0.407 e. The molecule has 0 spiro atoms. The fraction of sp³-hybridized carbons (Fsp3) is 0.324. The maximum absolute atomic E-state index is 13.0. The van der Waals surface area contributed by atoms with Crippen LogP contribution in [0.5, 0.6) is 5.75 Å². The molecule has 1 N–H and O–H groups in total. The van der Waals surface area contributed by atoms with Crippen molar-refractivity contribution in [2.45, 2.75) is 52.6 Å². The van der Waals surface area contributed by atoms with E-state index in [0.29, 0.717) is 48.3 Å². The maximum atomic E-state index is 13.0. The molecule has 1 amide bonds. The predicted octanol–water partition coefficient (Wildman–Crippen LogP) is 6.64. The van der Waals surface area contributed by atoms with Gasteiger partial charge < -0.3 is 19.2 Å². The normalized spacial score (nSPS) is 16.7. The number of aryl methyl sites for hydroxylation is 2. The Labute approximate surface area is 239 Å². The second kappa shape index (κ2) is 12.9. The van der Waals surface area contributed by atoms with Gasteiger partial charge in [-0.15, -0.1) is 0 Å². The van der Waals surface area contributed by atoms with Crippen LogP contribution in [-0.4, -0.2) is 18.6 Å². The molecule has 1 aliphatic carbocycles. The SMILES string of the molecule is Cc1c(Cc2ccccc2)c(=O)oc2c(C)c(OC(=O)C3CCC(CNC(=O)OCc4ccccc4)CC3)ccc12. The summed E-state index contributed by atoms with van der Waals surface area (Å²) in [5, 5.41) is 3.68. The predicted molar refractivity (Wildman–Crippen MR) is 157 cm³/mol. The van der Waals surface area contributed by atoms with Gasteiger partial charge in [-0.2, -0.15) is 0 Å². The minimum atomic E-state index is -0.434. The van der Waals surface area contributed by atoms with Gasteiger partial charge in [0.05, 0.1) is 5.92 Å². The van der Waals surface area contributed by atoms with E-state index in [1.54, 1.807) is 6.07 Å². The van der Waals surface area contributed by atoms with Crippen LogP contribution >= 0.6 is 0 Å². The van der Waals surface area contributed by atoms with Crippen LogP contribution in [0, 0.1) is 25.7 Å². The number of carbonyl (C=O) groups excluding carboxylic acids is 2. The van der Waals surface area contributed by atoms with Gasteiger partial charge >= 0.3 is 17.7 Å². The van der Waals surface area contributed by atoms with E-state index in [1.807, 2.05) is 80.6 Å². The fourth-order valence-corrected chi connectivity index (χ4v) is 5.48. The van der Waals surface area contributed by atoms with E-state index in [1.165, 1.54) is 0 Å². The van der Waals surface area contributed by atoms with Crippen molar-refractivity contribution in [3.63, 3.8) is 0 Å². The molecule has 1 aliphatic rings. The first-order valence-corrected chi connectivity index (χ1v) is 14.1. The zero-order valence-corrected chi connectivity index (χ0v) is 23.5. The highest BCUT2D eigenvalue weighted by Crippen LogP contribution is 2.33. The highest BCUT2D eigenvalue weighted by molar-refractivity contribution is 5.87. The molecule has 212 valence electrons. The van der Waals surface area contributed by atoms with Crippen molar-refractivity contribution in [2.24, 2.45) is 11.8 Å². The average molecular weight is 554 g/mol. The largest absolute Gasteiger partial charge is 0.445 e. The van der Waals surface area contributed by atoms with E-state index in [-0.39, 0.29) is 30.0 Å². The topological polar surface area (TPSA) is 94.8 Å². The summed E-state index contributed by atoms with van der Waals surface area (Å²) >= 11 is 0. The van der Waals surface area contributed by atoms with E-state index in [4.69, 9.17) is 13.9 Å². The molecule has 0 radical (unpaired) electrons. The molecule has 1 heterocycles. The molecule has 7 nitrogen and oxygen atoms in total. The highest BCUT2D eigenvalue weighted by atomic mass is 16.5. The number of alkyl carbamates (subject to hydrolysis) is 1. The highest BCUT2D eigenvalue weighted by Gasteiger charge is 2.29. The molecule has 5 rings (SSSR count). The number of hydrogen-bond donors (Lipinski definition) is 1. The molecule has 0 aliphatic heterocycles. The molecule has 4 aromatic rings. The number of ether oxygens (including phenoxy) is 2. The number of benzene rings is 3. The van der Waals surface area contributed by atoms with E-state index in [9.17, 15) is 14.4 Å². The Morgan fingerprint density at radius 2 is 1.51 bits per heavy atom. The van der Waals surface area contributed by atoms with Crippen LogP contribution < -0.4 is 15.7 Å². The van der Waals surface area contributed by atoms with Crippen LogP contribution in [-0.2, 0) is 22.6 Å². The van der Waals surface area contributed by atoms with Gasteiger partial charge in [-0.1, -0.05) is 60.7 Å². The monoisotopic (exact) mass is 553 g/mol. The van der Waals surface area contributed by atoms with Crippen LogP contribution in [0.1, 0.15) is 53.5 Å². The molecule has 0 saturated heterocycles. The fourth-order valence-electron chi connectivity index (χ4n) is 5.48. The van der Waals surface area contributed by atoms with Crippen molar-refractivity contribution in [2.75, 3.05) is 6.54 Å². The molecule has 41 heavy (non-hydrogen) atoms. The summed E-state index contributed by atoms with van der Waals surface area (Å²) in [4.78, 5) is 38.0. The van der Waals surface area contributed by atoms with Crippen LogP contribution in [0.25, 0.3) is 11.0 Å². The molecule has 7 heteroatoms. The first-order chi connectivity index (χ1) is 19.9. The summed E-state index contributed by atoms with van der Waals surface area (Å²) in [6.07, 6.45) is 3.06. The number of rotatable bonds is 8. The molecule has 0 unspecified atom stereocenters. The summed E-state index contributed by atoms with van der Waals surface area (Å²) in [5.74, 6) is 0.202. The summed E-state index contributed by atoms with van der Waals surface area (Å²) in [6.45, 7) is 4.49. The summed E-state index contributed by atoms with van der Waals surface area (Å²) in [6, 6.07) is 23.0. The van der Waals surface area contributed by atoms with Crippen molar-refractivity contribution in [3.8, 4) is 5.75 Å². The van der Waals surface area contributed by atoms with E-state index >= 15 is 0 Å². The van der Waals surface area contributed by atoms with E-state index < -0.39 is 6.09 Å². The summed E-state index contributed by atoms with van der Waals surface area (Å²) in [5.41, 5.74) is 4.19. The molecule has 0 bridgehead atoms. The Morgan fingerprint density at radius 3 is 2.20 bits per heavy atom. The number of esters is 1. The second-order valence-corrected chi connectivity index (χ2v) is 10.8. The van der Waals surface area contributed by atoms with Gasteiger partial charge in [-0.05, 0) is 74.3 Å². The Balaban J connectivity index is 1.15. The Bertz CT molecular complexity index is 1570. The molecule has 1 saturated carbocycles. The number of fused-ring (bicyclic) bond motifs is 1. The summed E-state index contributed by atoms with van der Waals surface area (Å²) < 4.78 is 16.9. The molecular formula is C34H35NO6. The van der Waals surface area contributed by atoms with Crippen LogP contribution in [0.15, 0.2) is 82.0 Å². The van der Waals surface area contributed by atoms with Gasteiger partial charge in [0.2, 0.25) is 0 Å². The summed E-state index contributed by atoms with van der Waals surface area (Å²) in [7, 11) is 0. The van der Waals surface area contributed by atoms with Crippen LogP contribution in [0.4, 0.5) is 4.79 Å². The lowest BCUT2D eigenvalue weighted by molar-refractivity contribution is -0.140. The first-order valence-electron chi connectivity index (χ1n) is 14.1. The van der Waals surface area contributed by atoms with Crippen molar-refractivity contribution in [3.05, 3.63) is 111 Å². The van der Waals surface area contributed by atoms with Crippen LogP contribution in [0.3, 0.4) is 0 Å². The third-order valence-corrected chi connectivity index (χ3v) is 8.02. The Kier molecular flexibility index (Phi) is 8.82. The zero-order valence-electron chi connectivity index (χ0n) is 23.5. The van der Waals surface area contributed by atoms with Gasteiger partial charge in [0.1, 0.15) is 17.9 Å². The lowest BCUT2D eigenvalue weighted by atomic mass is 9.82. The van der Waals surface area contributed by atoms with Crippen LogP contribution in [0.2, 0.25) is 0 Å². The third-order valence-electron chi connectivity index (χ3n) is 8.02. The standard InChI is InChI=1S/C34H35NO6/c1-22-28-17-18-30(23(2)31(28)41-33(37)29(22)19-24-9-5-3-6-10-24)40-32(36)27-15-13-25(14-16-27)20-35-34(38)39-21-26-11-7-4-8-12-26/h3-12,17-18,25,27H,13-16,19-21H2,1-2H3,(H,35,38). The van der Waals surface area contributed by atoms with Crippen molar-refractivity contribution >= 4 is 23.0 Å². The van der Waals surface area contributed by atoms with Gasteiger partial charge in [-0.25, -0.2) is 9.59 Å². The quantitative estimate of drug-likeness (QED) is 0.149. The number of hydrogen-bond acceptors (Lipinski definition) is 6. The minimum absolute atomic E-state index is 0.214. The second-order valence-electron chi connectivity index (χ2n) is 10.8. The number of carbonyl (C=O) groups is 2.